The first-order valence-electron chi connectivity index (χ1n) is 12.4. The number of methoxy groups -OCH3 is 1. The van der Waals surface area contributed by atoms with Crippen LogP contribution in [0.2, 0.25) is 0 Å². The maximum atomic E-state index is 15.6. The normalized spacial score (nSPS) is 21.3. The molecule has 0 bridgehead atoms. The van der Waals surface area contributed by atoms with Crippen molar-refractivity contribution >= 4 is 22.5 Å². The highest BCUT2D eigenvalue weighted by atomic mass is 19.4. The van der Waals surface area contributed by atoms with Crippen molar-refractivity contribution in [1.29, 1.82) is 0 Å². The summed E-state index contributed by atoms with van der Waals surface area (Å²) in [5, 5.41) is 11.6. The van der Waals surface area contributed by atoms with Crippen molar-refractivity contribution < 1.29 is 30.8 Å². The summed E-state index contributed by atoms with van der Waals surface area (Å²) in [5.41, 5.74) is 6.69. The first kappa shape index (κ1) is 20.6. The Kier molecular flexibility index (Phi) is 4.73. The number of alkyl halides is 5. The fourth-order valence-electron chi connectivity index (χ4n) is 4.63. The quantitative estimate of drug-likeness (QED) is 0.413. The third-order valence-electron chi connectivity index (χ3n) is 6.41. The van der Waals surface area contributed by atoms with Crippen LogP contribution in [0.3, 0.4) is 0 Å². The molecule has 0 amide bonds. The lowest BCUT2D eigenvalue weighted by Gasteiger charge is -2.36. The Bertz CT molecular complexity index is 1550. The molecule has 4 heterocycles. The van der Waals surface area contributed by atoms with Gasteiger partial charge in [-0.2, -0.15) is 18.2 Å². The van der Waals surface area contributed by atoms with Crippen LogP contribution >= 0.6 is 0 Å². The SMILES string of the molecule is [2H]C([2H])([2H])N1CC[C@H](c2cn3nc(N)nc(OC)c3c2-c2ccc3nnn([C@H](C)C(F)(F)F)c3c2)C(F)(F)C1. The second-order valence-corrected chi connectivity index (χ2v) is 8.71. The van der Waals surface area contributed by atoms with Crippen LogP contribution in [0.1, 0.15) is 35.0 Å². The fraction of sp³-hybridized carbons (Fsp3) is 0.455. The van der Waals surface area contributed by atoms with Gasteiger partial charge in [-0.05, 0) is 50.1 Å². The van der Waals surface area contributed by atoms with E-state index in [1.165, 1.54) is 36.0 Å². The number of piperidine rings is 1. The molecule has 0 aliphatic carbocycles. The Labute approximate surface area is 205 Å². The molecule has 9 nitrogen and oxygen atoms in total. The van der Waals surface area contributed by atoms with Crippen molar-refractivity contribution in [3.05, 3.63) is 30.0 Å². The largest absolute Gasteiger partial charge is 0.479 e. The molecule has 2 N–H and O–H groups in total. The van der Waals surface area contributed by atoms with Crippen molar-refractivity contribution in [3.63, 3.8) is 0 Å². The van der Waals surface area contributed by atoms with Crippen LogP contribution < -0.4 is 10.5 Å². The van der Waals surface area contributed by atoms with E-state index in [9.17, 15) is 13.2 Å². The van der Waals surface area contributed by atoms with Crippen molar-refractivity contribution in [2.75, 3.05) is 32.9 Å². The monoisotopic (exact) mass is 513 g/mol. The van der Waals surface area contributed by atoms with Crippen LogP contribution in [0, 0.1) is 0 Å². The average Bonchev–Trinajstić information content (AvgIpc) is 3.42. The predicted molar refractivity (Wildman–Crippen MR) is 121 cm³/mol. The summed E-state index contributed by atoms with van der Waals surface area (Å²) >= 11 is 0. The van der Waals surface area contributed by atoms with Crippen molar-refractivity contribution in [2.45, 2.75) is 37.4 Å². The number of fused-ring (bicyclic) bond motifs is 2. The zero-order valence-corrected chi connectivity index (χ0v) is 19.1. The number of aromatic nitrogens is 6. The summed E-state index contributed by atoms with van der Waals surface area (Å²) in [6.45, 7) is -2.91. The molecule has 0 radical (unpaired) electrons. The van der Waals surface area contributed by atoms with Crippen LogP contribution in [0.15, 0.2) is 24.4 Å². The minimum atomic E-state index is -4.61. The van der Waals surface area contributed by atoms with Gasteiger partial charge in [-0.15, -0.1) is 10.2 Å². The van der Waals surface area contributed by atoms with Gasteiger partial charge in [0.2, 0.25) is 11.8 Å². The van der Waals surface area contributed by atoms with E-state index in [1.807, 2.05) is 0 Å². The summed E-state index contributed by atoms with van der Waals surface area (Å²) in [5.74, 6) is -5.17. The second-order valence-electron chi connectivity index (χ2n) is 8.71. The first-order chi connectivity index (χ1) is 18.1. The zero-order valence-electron chi connectivity index (χ0n) is 22.1. The number of nitrogen functional groups attached to an aromatic ring is 1. The Morgan fingerprint density at radius 3 is 2.75 bits per heavy atom. The number of nitrogens with two attached hydrogens (primary N) is 1. The molecule has 1 aromatic carbocycles. The van der Waals surface area contributed by atoms with E-state index in [2.05, 4.69) is 20.4 Å². The summed E-state index contributed by atoms with van der Waals surface area (Å²) in [6.07, 6.45) is -3.49. The molecule has 4 aromatic rings. The zero-order chi connectivity index (χ0) is 28.5. The molecule has 36 heavy (non-hydrogen) atoms. The lowest BCUT2D eigenvalue weighted by atomic mass is 9.84. The fourth-order valence-corrected chi connectivity index (χ4v) is 4.63. The van der Waals surface area contributed by atoms with Gasteiger partial charge >= 0.3 is 6.18 Å². The van der Waals surface area contributed by atoms with Gasteiger partial charge in [-0.1, -0.05) is 11.3 Å². The van der Waals surface area contributed by atoms with Gasteiger partial charge < -0.3 is 15.4 Å². The maximum absolute atomic E-state index is 15.6. The van der Waals surface area contributed by atoms with Gasteiger partial charge in [0.05, 0.1) is 25.1 Å². The first-order valence-corrected chi connectivity index (χ1v) is 10.9. The number of halogens is 5. The van der Waals surface area contributed by atoms with E-state index in [-0.39, 0.29) is 58.0 Å². The number of anilines is 1. The smallest absolute Gasteiger partial charge is 0.410 e. The van der Waals surface area contributed by atoms with Crippen LogP contribution in [-0.4, -0.2) is 73.8 Å². The molecule has 3 aromatic heterocycles. The lowest BCUT2D eigenvalue weighted by Crippen LogP contribution is -2.45. The van der Waals surface area contributed by atoms with Crippen LogP contribution in [0.4, 0.5) is 27.9 Å². The molecule has 192 valence electrons. The van der Waals surface area contributed by atoms with E-state index in [0.717, 1.165) is 11.8 Å². The molecule has 1 aliphatic rings. The maximum Gasteiger partial charge on any atom is 0.410 e. The van der Waals surface area contributed by atoms with Crippen molar-refractivity contribution in [1.82, 2.24) is 34.5 Å². The van der Waals surface area contributed by atoms with Gasteiger partial charge in [0, 0.05) is 15.9 Å². The number of rotatable bonds is 4. The number of hydrogen-bond donors (Lipinski definition) is 1. The van der Waals surface area contributed by atoms with Gasteiger partial charge in [-0.3, -0.25) is 0 Å². The third kappa shape index (κ3) is 3.88. The van der Waals surface area contributed by atoms with E-state index in [4.69, 9.17) is 14.6 Å². The molecule has 2 atom stereocenters. The highest BCUT2D eigenvalue weighted by molar-refractivity contribution is 5.92. The van der Waals surface area contributed by atoms with Crippen molar-refractivity contribution in [2.24, 2.45) is 0 Å². The Balaban J connectivity index is 1.74. The average molecular weight is 513 g/mol. The summed E-state index contributed by atoms with van der Waals surface area (Å²) in [6, 6.07) is 2.32. The van der Waals surface area contributed by atoms with Crippen molar-refractivity contribution in [3.8, 4) is 17.0 Å². The molecule has 1 fully saturated rings. The molecule has 14 heteroatoms. The summed E-state index contributed by atoms with van der Waals surface area (Å²) < 4.78 is 102. The number of likely N-dealkylation sites (tertiary alicyclic amines) is 1. The molecule has 0 unspecified atom stereocenters. The molecule has 1 aliphatic heterocycles. The van der Waals surface area contributed by atoms with E-state index >= 15 is 8.78 Å². The third-order valence-corrected chi connectivity index (χ3v) is 6.41. The molecule has 5 rings (SSSR count). The highest BCUT2D eigenvalue weighted by Gasteiger charge is 2.46. The Morgan fingerprint density at radius 2 is 2.08 bits per heavy atom. The molecular formula is C22H23F5N8O. The molecule has 0 saturated carbocycles. The van der Waals surface area contributed by atoms with Gasteiger partial charge in [-0.25, -0.2) is 18.0 Å². The molecule has 1 saturated heterocycles. The van der Waals surface area contributed by atoms with E-state index < -0.39 is 37.6 Å². The predicted octanol–water partition coefficient (Wildman–Crippen LogP) is 3.91. The van der Waals surface area contributed by atoms with Crippen LogP contribution in [0.25, 0.3) is 27.7 Å². The topological polar surface area (TPSA) is 99.4 Å². The van der Waals surface area contributed by atoms with Gasteiger partial charge in [0.25, 0.3) is 5.92 Å². The highest BCUT2D eigenvalue weighted by Crippen LogP contribution is 2.47. The lowest BCUT2D eigenvalue weighted by molar-refractivity contribution is -0.164. The molecular weight excluding hydrogens is 487 g/mol. The number of hydrogen-bond acceptors (Lipinski definition) is 7. The number of benzene rings is 1. The summed E-state index contributed by atoms with van der Waals surface area (Å²) in [7, 11) is 1.30. The van der Waals surface area contributed by atoms with E-state index in [0.29, 0.717) is 4.68 Å². The summed E-state index contributed by atoms with van der Waals surface area (Å²) in [4.78, 5) is 4.79. The number of ether oxygens (including phenoxy) is 1. The Hall–Kier alpha value is -3.55. The van der Waals surface area contributed by atoms with Gasteiger partial charge in [0.15, 0.2) is 0 Å². The van der Waals surface area contributed by atoms with Crippen LogP contribution in [0.5, 0.6) is 5.88 Å². The minimum Gasteiger partial charge on any atom is -0.479 e. The van der Waals surface area contributed by atoms with Crippen LogP contribution in [-0.2, 0) is 0 Å². The van der Waals surface area contributed by atoms with Gasteiger partial charge in [0.1, 0.15) is 17.1 Å². The molecule has 0 spiro atoms. The van der Waals surface area contributed by atoms with E-state index in [1.54, 1.807) is 0 Å². The Morgan fingerprint density at radius 1 is 1.31 bits per heavy atom. The standard InChI is InChI=1S/C22H23F5N8O/c1-11(22(25,26)27)35-16-8-12(4-5-15(16)30-32-35)17-13(14-6-7-33(2)10-21(14,23)24)9-34-18(17)19(36-3)29-20(28)31-34/h4-5,8-9,11,14H,6-7,10H2,1-3H3,(H2,28,31)/t11-,14-/m1/s1/i2D3. The number of nitrogens with zero attached hydrogens (tertiary/aromatic N) is 7. The minimum absolute atomic E-state index is 0.0296. The second kappa shape index (κ2) is 8.25.